The molecule has 0 radical (unpaired) electrons. The number of carbonyl (C=O) groups excluding carboxylic acids is 2. The molecule has 1 saturated heterocycles. The summed E-state index contributed by atoms with van der Waals surface area (Å²) in [5, 5.41) is 0. The number of ether oxygens (including phenoxy) is 2. The lowest BCUT2D eigenvalue weighted by Gasteiger charge is -2.25. The van der Waals surface area contributed by atoms with Crippen LogP contribution in [0.15, 0.2) is 79.1 Å². The predicted octanol–water partition coefficient (Wildman–Crippen LogP) is 3.87. The van der Waals surface area contributed by atoms with Gasteiger partial charge in [0.1, 0.15) is 5.75 Å². The van der Waals surface area contributed by atoms with Gasteiger partial charge in [0.05, 0.1) is 26.4 Å². The minimum absolute atomic E-state index is 0.0134. The molecular formula is C29H33N3O4. The standard InChI is InChI=1S/C29H33N3O4/c1-35-26-14-12-24(13-15-26)18-31-19-27(36-22-25-10-6-16-30-17-25)20-32(21-29(31)34)28(33)11-5-9-23-7-3-2-4-8-23/h2-4,6-8,10,12-17,27H,5,9,11,18-22H2,1H3/t27-/m0/s1. The van der Waals surface area contributed by atoms with E-state index in [0.717, 1.165) is 29.7 Å². The van der Waals surface area contributed by atoms with E-state index in [1.807, 2.05) is 54.6 Å². The second kappa shape index (κ2) is 12.8. The molecule has 7 heteroatoms. The molecule has 2 heterocycles. The molecule has 1 atom stereocenters. The molecule has 0 bridgehead atoms. The summed E-state index contributed by atoms with van der Waals surface area (Å²) in [6.07, 6.45) is 5.16. The molecule has 0 unspecified atom stereocenters. The van der Waals surface area contributed by atoms with Crippen molar-refractivity contribution in [1.82, 2.24) is 14.8 Å². The smallest absolute Gasteiger partial charge is 0.242 e. The van der Waals surface area contributed by atoms with Gasteiger partial charge in [-0.2, -0.15) is 0 Å². The van der Waals surface area contributed by atoms with Gasteiger partial charge in [0.25, 0.3) is 0 Å². The van der Waals surface area contributed by atoms with E-state index in [1.165, 1.54) is 5.56 Å². The summed E-state index contributed by atoms with van der Waals surface area (Å²) in [6, 6.07) is 21.6. The van der Waals surface area contributed by atoms with Gasteiger partial charge in [0, 0.05) is 38.4 Å². The van der Waals surface area contributed by atoms with Gasteiger partial charge < -0.3 is 19.3 Å². The number of methoxy groups -OCH3 is 1. The fraction of sp³-hybridized carbons (Fsp3) is 0.345. The predicted molar refractivity (Wildman–Crippen MR) is 137 cm³/mol. The van der Waals surface area contributed by atoms with Crippen LogP contribution >= 0.6 is 0 Å². The first-order chi connectivity index (χ1) is 17.6. The summed E-state index contributed by atoms with van der Waals surface area (Å²) in [5.74, 6) is 0.682. The number of pyridine rings is 1. The van der Waals surface area contributed by atoms with Crippen LogP contribution in [-0.2, 0) is 33.9 Å². The highest BCUT2D eigenvalue weighted by Crippen LogP contribution is 2.18. The molecule has 1 fully saturated rings. The topological polar surface area (TPSA) is 72.0 Å². The number of hydrogen-bond acceptors (Lipinski definition) is 5. The average molecular weight is 488 g/mol. The SMILES string of the molecule is COc1ccc(CN2C[C@H](OCc3cccnc3)CN(C(=O)CCCc3ccccc3)CC2=O)cc1. The van der Waals surface area contributed by atoms with E-state index in [9.17, 15) is 9.59 Å². The maximum Gasteiger partial charge on any atom is 0.242 e. The summed E-state index contributed by atoms with van der Waals surface area (Å²) in [6.45, 7) is 1.69. The van der Waals surface area contributed by atoms with Crippen LogP contribution < -0.4 is 4.74 Å². The molecule has 7 nitrogen and oxygen atoms in total. The maximum absolute atomic E-state index is 13.2. The zero-order chi connectivity index (χ0) is 25.2. The van der Waals surface area contributed by atoms with Gasteiger partial charge in [-0.05, 0) is 47.7 Å². The lowest BCUT2D eigenvalue weighted by molar-refractivity contribution is -0.139. The minimum atomic E-state index is -0.298. The lowest BCUT2D eigenvalue weighted by atomic mass is 10.1. The molecule has 36 heavy (non-hydrogen) atoms. The van der Waals surface area contributed by atoms with Crippen LogP contribution in [-0.4, -0.2) is 59.4 Å². The number of benzene rings is 2. The Morgan fingerprint density at radius 2 is 1.75 bits per heavy atom. The summed E-state index contributed by atoms with van der Waals surface area (Å²) < 4.78 is 11.5. The van der Waals surface area contributed by atoms with E-state index >= 15 is 0 Å². The zero-order valence-electron chi connectivity index (χ0n) is 20.7. The zero-order valence-corrected chi connectivity index (χ0v) is 20.7. The highest BCUT2D eigenvalue weighted by molar-refractivity contribution is 5.85. The van der Waals surface area contributed by atoms with Gasteiger partial charge >= 0.3 is 0 Å². The summed E-state index contributed by atoms with van der Waals surface area (Å²) >= 11 is 0. The van der Waals surface area contributed by atoms with Crippen LogP contribution in [0, 0.1) is 0 Å². The molecule has 3 aromatic rings. The molecule has 0 saturated carbocycles. The van der Waals surface area contributed by atoms with E-state index < -0.39 is 0 Å². The van der Waals surface area contributed by atoms with Crippen LogP contribution in [0.5, 0.6) is 5.75 Å². The number of carbonyl (C=O) groups is 2. The van der Waals surface area contributed by atoms with Crippen LogP contribution in [0.2, 0.25) is 0 Å². The van der Waals surface area contributed by atoms with Crippen molar-refractivity contribution in [3.8, 4) is 5.75 Å². The second-order valence-corrected chi connectivity index (χ2v) is 9.03. The molecule has 1 aliphatic heterocycles. The van der Waals surface area contributed by atoms with Gasteiger partial charge in [-0.1, -0.05) is 48.5 Å². The third-order valence-corrected chi connectivity index (χ3v) is 6.32. The normalized spacial score (nSPS) is 16.0. The van der Waals surface area contributed by atoms with E-state index in [1.54, 1.807) is 29.3 Å². The van der Waals surface area contributed by atoms with Crippen LogP contribution in [0.4, 0.5) is 0 Å². The number of rotatable bonds is 10. The highest BCUT2D eigenvalue weighted by Gasteiger charge is 2.30. The first-order valence-electron chi connectivity index (χ1n) is 12.3. The number of amides is 2. The number of hydrogen-bond donors (Lipinski definition) is 0. The van der Waals surface area contributed by atoms with Gasteiger partial charge in [0.2, 0.25) is 11.8 Å². The number of aryl methyl sites for hydroxylation is 1. The number of nitrogens with zero attached hydrogens (tertiary/aromatic N) is 3. The molecular weight excluding hydrogens is 454 g/mol. The lowest BCUT2D eigenvalue weighted by Crippen LogP contribution is -2.39. The molecule has 188 valence electrons. The molecule has 4 rings (SSSR count). The Labute approximate surface area is 212 Å². The van der Waals surface area contributed by atoms with E-state index in [-0.39, 0.29) is 24.5 Å². The molecule has 0 spiro atoms. The molecule has 0 N–H and O–H groups in total. The van der Waals surface area contributed by atoms with E-state index in [4.69, 9.17) is 9.47 Å². The van der Waals surface area contributed by atoms with Crippen molar-refractivity contribution in [3.05, 3.63) is 95.8 Å². The Kier molecular flexibility index (Phi) is 9.05. The average Bonchev–Trinajstić information content (AvgIpc) is 3.07. The van der Waals surface area contributed by atoms with Gasteiger partial charge in [-0.15, -0.1) is 0 Å². The van der Waals surface area contributed by atoms with Crippen molar-refractivity contribution in [2.45, 2.75) is 38.5 Å². The van der Waals surface area contributed by atoms with Gasteiger partial charge in [0.15, 0.2) is 0 Å². The first-order valence-corrected chi connectivity index (χ1v) is 12.3. The Balaban J connectivity index is 1.42. The molecule has 0 aliphatic carbocycles. The molecule has 1 aromatic heterocycles. The third-order valence-electron chi connectivity index (χ3n) is 6.32. The third kappa shape index (κ3) is 7.39. The van der Waals surface area contributed by atoms with Crippen molar-refractivity contribution in [3.63, 3.8) is 0 Å². The Morgan fingerprint density at radius 1 is 0.972 bits per heavy atom. The second-order valence-electron chi connectivity index (χ2n) is 9.03. The van der Waals surface area contributed by atoms with Crippen molar-refractivity contribution in [2.75, 3.05) is 26.7 Å². The Bertz CT molecular complexity index is 1110. The van der Waals surface area contributed by atoms with Crippen molar-refractivity contribution >= 4 is 11.8 Å². The summed E-state index contributed by atoms with van der Waals surface area (Å²) in [4.78, 5) is 33.9. The fourth-order valence-corrected chi connectivity index (χ4v) is 4.32. The minimum Gasteiger partial charge on any atom is -0.497 e. The van der Waals surface area contributed by atoms with E-state index in [2.05, 4.69) is 17.1 Å². The summed E-state index contributed by atoms with van der Waals surface area (Å²) in [5.41, 5.74) is 3.16. The van der Waals surface area contributed by atoms with Crippen LogP contribution in [0.1, 0.15) is 29.5 Å². The molecule has 2 amide bonds. The quantitative estimate of drug-likeness (QED) is 0.434. The molecule has 1 aliphatic rings. The van der Waals surface area contributed by atoms with Gasteiger partial charge in [-0.25, -0.2) is 0 Å². The maximum atomic E-state index is 13.2. The Morgan fingerprint density at radius 3 is 2.47 bits per heavy atom. The largest absolute Gasteiger partial charge is 0.497 e. The first kappa shape index (κ1) is 25.4. The Hall–Kier alpha value is -3.71. The van der Waals surface area contributed by atoms with Gasteiger partial charge in [-0.3, -0.25) is 14.6 Å². The monoisotopic (exact) mass is 487 g/mol. The summed E-state index contributed by atoms with van der Waals surface area (Å²) in [7, 11) is 1.63. The highest BCUT2D eigenvalue weighted by atomic mass is 16.5. The van der Waals surface area contributed by atoms with Crippen molar-refractivity contribution < 1.29 is 19.1 Å². The van der Waals surface area contributed by atoms with E-state index in [0.29, 0.717) is 32.7 Å². The van der Waals surface area contributed by atoms with Crippen LogP contribution in [0.25, 0.3) is 0 Å². The fourth-order valence-electron chi connectivity index (χ4n) is 4.32. The number of aromatic nitrogens is 1. The van der Waals surface area contributed by atoms with Crippen LogP contribution in [0.3, 0.4) is 0 Å². The molecule has 2 aromatic carbocycles. The van der Waals surface area contributed by atoms with Crippen molar-refractivity contribution in [2.24, 2.45) is 0 Å². The van der Waals surface area contributed by atoms with Crippen molar-refractivity contribution in [1.29, 1.82) is 0 Å².